The van der Waals surface area contributed by atoms with Gasteiger partial charge in [0.05, 0.1) is 17.6 Å². The fraction of sp³-hybridized carbons (Fsp3) is 0.556. The lowest BCUT2D eigenvalue weighted by molar-refractivity contribution is -0.141. The average Bonchev–Trinajstić information content (AvgIpc) is 2.93. The Hall–Kier alpha value is -1.92. The highest BCUT2D eigenvalue weighted by Crippen LogP contribution is 2.18. The molecule has 1 unspecified atom stereocenters. The van der Waals surface area contributed by atoms with Crippen LogP contribution in [0.1, 0.15) is 26.1 Å². The van der Waals surface area contributed by atoms with Gasteiger partial charge in [0.2, 0.25) is 0 Å². The number of hydrogen-bond acceptors (Lipinski definition) is 4. The number of benzene rings is 1. The molecule has 0 spiro atoms. The van der Waals surface area contributed by atoms with Crippen LogP contribution >= 0.6 is 0 Å². The standard InChI is InChI=1S/C18H26N4O2/c1-3-8-22-16-7-5-4-6-15(16)19-17(22)13-20-9-11-21(12-10-20)18(24)14(2)23/h4-7,14,23H,3,8-13H2,1-2H3. The highest BCUT2D eigenvalue weighted by atomic mass is 16.3. The minimum atomic E-state index is -0.912. The van der Waals surface area contributed by atoms with E-state index >= 15 is 0 Å². The molecule has 1 aromatic heterocycles. The molecule has 1 amide bonds. The van der Waals surface area contributed by atoms with Crippen LogP contribution in [0.25, 0.3) is 11.0 Å². The maximum atomic E-state index is 11.9. The van der Waals surface area contributed by atoms with Crippen molar-refractivity contribution in [2.24, 2.45) is 0 Å². The Balaban J connectivity index is 1.70. The van der Waals surface area contributed by atoms with Crippen LogP contribution in [-0.4, -0.2) is 62.6 Å². The summed E-state index contributed by atoms with van der Waals surface area (Å²) in [5, 5.41) is 9.43. The summed E-state index contributed by atoms with van der Waals surface area (Å²) in [6, 6.07) is 8.27. The van der Waals surface area contributed by atoms with E-state index in [1.165, 1.54) is 12.4 Å². The highest BCUT2D eigenvalue weighted by Gasteiger charge is 2.24. The van der Waals surface area contributed by atoms with Gasteiger partial charge in [-0.2, -0.15) is 0 Å². The van der Waals surface area contributed by atoms with E-state index in [4.69, 9.17) is 4.98 Å². The Labute approximate surface area is 142 Å². The van der Waals surface area contributed by atoms with Crippen LogP contribution in [0.2, 0.25) is 0 Å². The van der Waals surface area contributed by atoms with Gasteiger partial charge in [0, 0.05) is 32.7 Å². The molecular formula is C18H26N4O2. The third-order valence-electron chi connectivity index (χ3n) is 4.59. The fourth-order valence-electron chi connectivity index (χ4n) is 3.31. The zero-order chi connectivity index (χ0) is 17.1. The van der Waals surface area contributed by atoms with Crippen molar-refractivity contribution in [3.05, 3.63) is 30.1 Å². The van der Waals surface area contributed by atoms with Crippen molar-refractivity contribution in [3.63, 3.8) is 0 Å². The maximum Gasteiger partial charge on any atom is 0.251 e. The quantitative estimate of drug-likeness (QED) is 0.902. The lowest BCUT2D eigenvalue weighted by atomic mass is 10.2. The van der Waals surface area contributed by atoms with Gasteiger partial charge in [-0.15, -0.1) is 0 Å². The summed E-state index contributed by atoms with van der Waals surface area (Å²) in [6.07, 6.45) is 0.162. The van der Waals surface area contributed by atoms with Gasteiger partial charge in [-0.3, -0.25) is 9.69 Å². The number of aryl methyl sites for hydroxylation is 1. The molecule has 1 atom stereocenters. The molecule has 0 radical (unpaired) electrons. The number of aliphatic hydroxyl groups excluding tert-OH is 1. The van der Waals surface area contributed by atoms with E-state index in [0.29, 0.717) is 13.1 Å². The topological polar surface area (TPSA) is 61.6 Å². The Morgan fingerprint density at radius 2 is 1.96 bits per heavy atom. The molecule has 2 aromatic rings. The van der Waals surface area contributed by atoms with Crippen molar-refractivity contribution < 1.29 is 9.90 Å². The number of aromatic nitrogens is 2. The van der Waals surface area contributed by atoms with Crippen molar-refractivity contribution >= 4 is 16.9 Å². The normalized spacial score (nSPS) is 17.4. The number of amides is 1. The molecule has 3 rings (SSSR count). The average molecular weight is 330 g/mol. The molecule has 1 saturated heterocycles. The lowest BCUT2D eigenvalue weighted by Gasteiger charge is -2.35. The smallest absolute Gasteiger partial charge is 0.251 e. The van der Waals surface area contributed by atoms with Gasteiger partial charge in [-0.25, -0.2) is 4.98 Å². The van der Waals surface area contributed by atoms with Gasteiger partial charge >= 0.3 is 0 Å². The van der Waals surface area contributed by atoms with Gasteiger partial charge in [0.1, 0.15) is 11.9 Å². The zero-order valence-corrected chi connectivity index (χ0v) is 14.5. The van der Waals surface area contributed by atoms with E-state index in [1.54, 1.807) is 4.90 Å². The van der Waals surface area contributed by atoms with Crippen LogP contribution in [-0.2, 0) is 17.9 Å². The molecule has 1 aliphatic heterocycles. The number of aliphatic hydroxyl groups is 1. The Bertz CT molecular complexity index is 702. The van der Waals surface area contributed by atoms with Crippen LogP contribution in [0.4, 0.5) is 0 Å². The molecule has 6 nitrogen and oxygen atoms in total. The van der Waals surface area contributed by atoms with Gasteiger partial charge in [0.25, 0.3) is 5.91 Å². The molecule has 1 aliphatic rings. The van der Waals surface area contributed by atoms with Crippen molar-refractivity contribution in [2.45, 2.75) is 39.5 Å². The number of para-hydroxylation sites is 2. The largest absolute Gasteiger partial charge is 0.384 e. The van der Waals surface area contributed by atoms with Crippen LogP contribution in [0.15, 0.2) is 24.3 Å². The molecular weight excluding hydrogens is 304 g/mol. The Kier molecular flexibility index (Phi) is 5.16. The SMILES string of the molecule is CCCn1c(CN2CCN(C(=O)C(C)O)CC2)nc2ccccc21. The molecule has 0 saturated carbocycles. The zero-order valence-electron chi connectivity index (χ0n) is 14.5. The van der Waals surface area contributed by atoms with Gasteiger partial charge < -0.3 is 14.6 Å². The van der Waals surface area contributed by atoms with Crippen molar-refractivity contribution in [1.82, 2.24) is 19.4 Å². The number of hydrogen-bond donors (Lipinski definition) is 1. The Morgan fingerprint density at radius 1 is 1.25 bits per heavy atom. The summed E-state index contributed by atoms with van der Waals surface area (Å²) in [7, 11) is 0. The molecule has 1 N–H and O–H groups in total. The Morgan fingerprint density at radius 3 is 2.62 bits per heavy atom. The van der Waals surface area contributed by atoms with Crippen LogP contribution in [0.5, 0.6) is 0 Å². The van der Waals surface area contributed by atoms with E-state index in [9.17, 15) is 9.90 Å². The fourth-order valence-corrected chi connectivity index (χ4v) is 3.31. The van der Waals surface area contributed by atoms with E-state index in [2.05, 4.69) is 34.6 Å². The van der Waals surface area contributed by atoms with Gasteiger partial charge in [-0.05, 0) is 25.5 Å². The number of piperazine rings is 1. The first-order chi connectivity index (χ1) is 11.6. The molecule has 24 heavy (non-hydrogen) atoms. The van der Waals surface area contributed by atoms with Crippen LogP contribution < -0.4 is 0 Å². The van der Waals surface area contributed by atoms with Crippen LogP contribution in [0.3, 0.4) is 0 Å². The minimum absolute atomic E-state index is 0.173. The monoisotopic (exact) mass is 330 g/mol. The second kappa shape index (κ2) is 7.32. The molecule has 1 fully saturated rings. The summed E-state index contributed by atoms with van der Waals surface area (Å²) >= 11 is 0. The number of rotatable bonds is 5. The second-order valence-electron chi connectivity index (χ2n) is 6.45. The predicted molar refractivity (Wildman–Crippen MR) is 93.6 cm³/mol. The third kappa shape index (κ3) is 3.44. The van der Waals surface area contributed by atoms with E-state index in [-0.39, 0.29) is 5.91 Å². The first kappa shape index (κ1) is 16.9. The molecule has 6 heteroatoms. The van der Waals surface area contributed by atoms with E-state index < -0.39 is 6.10 Å². The number of carbonyl (C=O) groups is 1. The van der Waals surface area contributed by atoms with E-state index in [0.717, 1.165) is 43.9 Å². The number of nitrogens with zero attached hydrogens (tertiary/aromatic N) is 4. The van der Waals surface area contributed by atoms with Crippen LogP contribution in [0, 0.1) is 0 Å². The van der Waals surface area contributed by atoms with Crippen molar-refractivity contribution in [1.29, 1.82) is 0 Å². The molecule has 1 aromatic carbocycles. The lowest BCUT2D eigenvalue weighted by Crippen LogP contribution is -2.50. The maximum absolute atomic E-state index is 11.9. The van der Waals surface area contributed by atoms with Crippen molar-refractivity contribution in [3.8, 4) is 0 Å². The molecule has 0 aliphatic carbocycles. The summed E-state index contributed by atoms with van der Waals surface area (Å²) in [4.78, 5) is 20.7. The molecule has 0 bridgehead atoms. The molecule has 130 valence electrons. The second-order valence-corrected chi connectivity index (χ2v) is 6.45. The predicted octanol–water partition coefficient (Wildman–Crippen LogP) is 1.47. The summed E-state index contributed by atoms with van der Waals surface area (Å²) < 4.78 is 2.31. The number of imidazole rings is 1. The van der Waals surface area contributed by atoms with Crippen molar-refractivity contribution in [2.75, 3.05) is 26.2 Å². The first-order valence-corrected chi connectivity index (χ1v) is 8.73. The summed E-state index contributed by atoms with van der Waals surface area (Å²) in [5.74, 6) is 0.918. The minimum Gasteiger partial charge on any atom is -0.384 e. The first-order valence-electron chi connectivity index (χ1n) is 8.73. The summed E-state index contributed by atoms with van der Waals surface area (Å²) in [5.41, 5.74) is 2.24. The van der Waals surface area contributed by atoms with E-state index in [1.807, 2.05) is 6.07 Å². The van der Waals surface area contributed by atoms with Gasteiger partial charge in [-0.1, -0.05) is 19.1 Å². The number of carbonyl (C=O) groups excluding carboxylic acids is 1. The highest BCUT2D eigenvalue weighted by molar-refractivity contribution is 5.80. The molecule has 2 heterocycles. The van der Waals surface area contributed by atoms with Gasteiger partial charge in [0.15, 0.2) is 0 Å². The summed E-state index contributed by atoms with van der Waals surface area (Å²) in [6.45, 7) is 8.43. The number of fused-ring (bicyclic) bond motifs is 1. The third-order valence-corrected chi connectivity index (χ3v) is 4.59.